The Balaban J connectivity index is 2.09. The number of nitrogens with two attached hydrogens (primary N) is 1. The van der Waals surface area contributed by atoms with E-state index in [2.05, 4.69) is 15.0 Å². The Morgan fingerprint density at radius 3 is 2.47 bits per heavy atom. The summed E-state index contributed by atoms with van der Waals surface area (Å²) in [5.41, 5.74) is 5.97. The van der Waals surface area contributed by atoms with Crippen LogP contribution in [0.2, 0.25) is 0 Å². The van der Waals surface area contributed by atoms with E-state index in [1.807, 2.05) is 14.1 Å². The molecule has 108 valence electrons. The minimum atomic E-state index is -0.0696. The van der Waals surface area contributed by atoms with Crippen molar-refractivity contribution in [3.05, 3.63) is 11.7 Å². The molecule has 2 N–H and O–H groups in total. The van der Waals surface area contributed by atoms with Gasteiger partial charge in [-0.25, -0.2) is 0 Å². The van der Waals surface area contributed by atoms with Crippen molar-refractivity contribution >= 4 is 0 Å². The van der Waals surface area contributed by atoms with E-state index in [1.54, 1.807) is 0 Å². The summed E-state index contributed by atoms with van der Waals surface area (Å²) < 4.78 is 5.53. The molecule has 0 aliphatic heterocycles. The van der Waals surface area contributed by atoms with Crippen LogP contribution in [-0.2, 0) is 11.8 Å². The highest BCUT2D eigenvalue weighted by molar-refractivity contribution is 5.07. The lowest BCUT2D eigenvalue weighted by atomic mass is 9.80. The molecular formula is C14H26N4O. The van der Waals surface area contributed by atoms with Crippen LogP contribution in [0.25, 0.3) is 0 Å². The number of rotatable bonds is 5. The lowest BCUT2D eigenvalue weighted by Crippen LogP contribution is -2.35. The number of aromatic nitrogens is 2. The topological polar surface area (TPSA) is 68.2 Å². The second-order valence-corrected chi connectivity index (χ2v) is 5.97. The molecule has 1 aromatic rings. The van der Waals surface area contributed by atoms with Crippen LogP contribution in [-0.4, -0.2) is 42.2 Å². The molecule has 0 spiro atoms. The molecule has 1 aliphatic carbocycles. The standard InChI is InChI=1S/C14H26N4O/c1-18(2)10-7-12-16-13(19-17-12)14(11-15)8-5-3-4-6-9-14/h3-11,15H2,1-2H3. The predicted molar refractivity (Wildman–Crippen MR) is 75.0 cm³/mol. The number of hydrogen-bond donors (Lipinski definition) is 1. The lowest BCUT2D eigenvalue weighted by Gasteiger charge is -2.26. The van der Waals surface area contributed by atoms with Crippen molar-refractivity contribution in [3.63, 3.8) is 0 Å². The van der Waals surface area contributed by atoms with E-state index < -0.39 is 0 Å². The van der Waals surface area contributed by atoms with Gasteiger partial charge in [-0.15, -0.1) is 0 Å². The molecule has 2 rings (SSSR count). The normalized spacial score (nSPS) is 19.6. The van der Waals surface area contributed by atoms with Gasteiger partial charge >= 0.3 is 0 Å². The molecular weight excluding hydrogens is 240 g/mol. The van der Waals surface area contributed by atoms with Crippen LogP contribution in [0.4, 0.5) is 0 Å². The largest absolute Gasteiger partial charge is 0.339 e. The third-order valence-corrected chi connectivity index (χ3v) is 4.16. The van der Waals surface area contributed by atoms with E-state index in [-0.39, 0.29) is 5.41 Å². The van der Waals surface area contributed by atoms with Gasteiger partial charge in [0, 0.05) is 19.5 Å². The van der Waals surface area contributed by atoms with Crippen LogP contribution in [0, 0.1) is 0 Å². The van der Waals surface area contributed by atoms with Crippen molar-refractivity contribution in [2.75, 3.05) is 27.2 Å². The fraction of sp³-hybridized carbons (Fsp3) is 0.857. The zero-order chi connectivity index (χ0) is 13.7. The molecule has 1 aliphatic rings. The lowest BCUT2D eigenvalue weighted by molar-refractivity contribution is 0.256. The van der Waals surface area contributed by atoms with Crippen LogP contribution < -0.4 is 5.73 Å². The van der Waals surface area contributed by atoms with Gasteiger partial charge in [0.2, 0.25) is 5.89 Å². The molecule has 1 aromatic heterocycles. The Labute approximate surface area is 115 Å². The maximum absolute atomic E-state index is 6.04. The van der Waals surface area contributed by atoms with Gasteiger partial charge in [-0.05, 0) is 26.9 Å². The summed E-state index contributed by atoms with van der Waals surface area (Å²) in [7, 11) is 4.10. The average molecular weight is 266 g/mol. The molecule has 5 heteroatoms. The third-order valence-electron chi connectivity index (χ3n) is 4.16. The van der Waals surface area contributed by atoms with E-state index in [1.165, 1.54) is 25.7 Å². The van der Waals surface area contributed by atoms with Gasteiger partial charge in [0.1, 0.15) is 0 Å². The number of hydrogen-bond acceptors (Lipinski definition) is 5. The zero-order valence-corrected chi connectivity index (χ0v) is 12.2. The Morgan fingerprint density at radius 1 is 1.21 bits per heavy atom. The quantitative estimate of drug-likeness (QED) is 0.822. The molecule has 0 radical (unpaired) electrons. The fourth-order valence-electron chi connectivity index (χ4n) is 2.81. The second-order valence-electron chi connectivity index (χ2n) is 5.97. The molecule has 1 fully saturated rings. The van der Waals surface area contributed by atoms with Gasteiger partial charge in [0.05, 0.1) is 5.41 Å². The predicted octanol–water partition coefficient (Wildman–Crippen LogP) is 1.72. The molecule has 0 aromatic carbocycles. The highest BCUT2D eigenvalue weighted by Crippen LogP contribution is 2.36. The molecule has 0 saturated heterocycles. The van der Waals surface area contributed by atoms with Crippen molar-refractivity contribution in [2.45, 2.75) is 50.4 Å². The van der Waals surface area contributed by atoms with Crippen molar-refractivity contribution in [1.29, 1.82) is 0 Å². The molecule has 1 heterocycles. The average Bonchev–Trinajstić information content (AvgIpc) is 2.74. The smallest absolute Gasteiger partial charge is 0.234 e. The summed E-state index contributed by atoms with van der Waals surface area (Å²) in [6, 6.07) is 0. The first-order valence-electron chi connectivity index (χ1n) is 7.34. The maximum atomic E-state index is 6.04. The summed E-state index contributed by atoms with van der Waals surface area (Å²) in [5.74, 6) is 1.58. The van der Waals surface area contributed by atoms with Crippen molar-refractivity contribution in [2.24, 2.45) is 5.73 Å². The van der Waals surface area contributed by atoms with E-state index in [9.17, 15) is 0 Å². The van der Waals surface area contributed by atoms with Crippen LogP contribution in [0.1, 0.15) is 50.2 Å². The Bertz CT molecular complexity index is 381. The van der Waals surface area contributed by atoms with Crippen molar-refractivity contribution < 1.29 is 4.52 Å². The Kier molecular flexibility index (Phi) is 4.93. The summed E-state index contributed by atoms with van der Waals surface area (Å²) in [5, 5.41) is 4.12. The molecule has 0 bridgehead atoms. The van der Waals surface area contributed by atoms with Crippen LogP contribution in [0.15, 0.2) is 4.52 Å². The number of nitrogens with zero attached hydrogens (tertiary/aromatic N) is 3. The molecule has 0 atom stereocenters. The van der Waals surface area contributed by atoms with Crippen molar-refractivity contribution in [1.82, 2.24) is 15.0 Å². The molecule has 0 unspecified atom stereocenters. The summed E-state index contributed by atoms with van der Waals surface area (Å²) in [6.45, 7) is 1.55. The Morgan fingerprint density at radius 2 is 1.89 bits per heavy atom. The van der Waals surface area contributed by atoms with Gasteiger partial charge in [-0.3, -0.25) is 0 Å². The Hall–Kier alpha value is -0.940. The van der Waals surface area contributed by atoms with Gasteiger partial charge in [-0.1, -0.05) is 30.8 Å². The fourth-order valence-corrected chi connectivity index (χ4v) is 2.81. The van der Waals surface area contributed by atoms with Crippen LogP contribution >= 0.6 is 0 Å². The van der Waals surface area contributed by atoms with Gasteiger partial charge < -0.3 is 15.2 Å². The van der Waals surface area contributed by atoms with Gasteiger partial charge in [0.25, 0.3) is 0 Å². The first-order valence-corrected chi connectivity index (χ1v) is 7.34. The van der Waals surface area contributed by atoms with Crippen molar-refractivity contribution in [3.8, 4) is 0 Å². The minimum Gasteiger partial charge on any atom is -0.339 e. The second kappa shape index (κ2) is 6.48. The SMILES string of the molecule is CN(C)CCc1noc(C2(CN)CCCCCC2)n1. The first kappa shape index (κ1) is 14.5. The summed E-state index contributed by atoms with van der Waals surface area (Å²) in [6.07, 6.45) is 8.01. The molecule has 0 amide bonds. The molecule has 5 nitrogen and oxygen atoms in total. The van der Waals surface area contributed by atoms with Crippen LogP contribution in [0.5, 0.6) is 0 Å². The minimum absolute atomic E-state index is 0.0696. The van der Waals surface area contributed by atoms with E-state index in [4.69, 9.17) is 10.3 Å². The summed E-state index contributed by atoms with van der Waals surface area (Å²) in [4.78, 5) is 6.73. The highest BCUT2D eigenvalue weighted by Gasteiger charge is 2.36. The monoisotopic (exact) mass is 266 g/mol. The first-order chi connectivity index (χ1) is 9.16. The van der Waals surface area contributed by atoms with Gasteiger partial charge in [-0.2, -0.15) is 4.98 Å². The van der Waals surface area contributed by atoms with Gasteiger partial charge in [0.15, 0.2) is 5.82 Å². The zero-order valence-electron chi connectivity index (χ0n) is 12.2. The molecule has 19 heavy (non-hydrogen) atoms. The van der Waals surface area contributed by atoms with E-state index in [0.29, 0.717) is 6.54 Å². The highest BCUT2D eigenvalue weighted by atomic mass is 16.5. The summed E-state index contributed by atoms with van der Waals surface area (Å²) >= 11 is 0. The maximum Gasteiger partial charge on any atom is 0.234 e. The third kappa shape index (κ3) is 3.54. The van der Waals surface area contributed by atoms with Crippen LogP contribution in [0.3, 0.4) is 0 Å². The van der Waals surface area contributed by atoms with E-state index in [0.717, 1.165) is 37.5 Å². The number of likely N-dealkylation sites (N-methyl/N-ethyl adjacent to an activating group) is 1. The van der Waals surface area contributed by atoms with E-state index >= 15 is 0 Å². The molecule has 1 saturated carbocycles.